The maximum absolute atomic E-state index is 12.7. The Kier molecular flexibility index (Phi) is 3.71. The second-order valence-electron chi connectivity index (χ2n) is 5.63. The van der Waals surface area contributed by atoms with E-state index in [1.165, 1.54) is 0 Å². The molecule has 1 fully saturated rings. The molecule has 0 unspecified atom stereocenters. The number of amides is 1. The highest BCUT2D eigenvalue weighted by molar-refractivity contribution is 6.05. The van der Waals surface area contributed by atoms with Gasteiger partial charge in [0.05, 0.1) is 0 Å². The molecule has 0 aliphatic carbocycles. The highest BCUT2D eigenvalue weighted by atomic mass is 16.5. The van der Waals surface area contributed by atoms with Gasteiger partial charge in [-0.15, -0.1) is 0 Å². The number of carbonyl (C=O) groups is 1. The number of pyridine rings is 1. The summed E-state index contributed by atoms with van der Waals surface area (Å²) in [5.74, 6) is 0.649. The van der Waals surface area contributed by atoms with Crippen molar-refractivity contribution >= 4 is 11.6 Å². The van der Waals surface area contributed by atoms with Gasteiger partial charge in [0.15, 0.2) is 0 Å². The van der Waals surface area contributed by atoms with Crippen molar-refractivity contribution < 1.29 is 9.53 Å². The van der Waals surface area contributed by atoms with Gasteiger partial charge in [-0.2, -0.15) is 0 Å². The Bertz CT molecular complexity index is 822. The third-order valence-electron chi connectivity index (χ3n) is 4.11. The summed E-state index contributed by atoms with van der Waals surface area (Å²) in [7, 11) is 0. The number of carbonyl (C=O) groups excluding carboxylic acids is 1. The summed E-state index contributed by atoms with van der Waals surface area (Å²) in [5, 5.41) is 0. The Morgan fingerprint density at radius 2 is 1.58 bits per heavy atom. The van der Waals surface area contributed by atoms with Crippen LogP contribution in [0.5, 0.6) is 5.75 Å². The Morgan fingerprint density at radius 1 is 0.875 bits per heavy atom. The van der Waals surface area contributed by atoms with Crippen LogP contribution in [0, 0.1) is 0 Å². The van der Waals surface area contributed by atoms with Crippen LogP contribution in [0.1, 0.15) is 11.6 Å². The van der Waals surface area contributed by atoms with E-state index >= 15 is 0 Å². The number of aromatic nitrogens is 1. The van der Waals surface area contributed by atoms with E-state index in [1.54, 1.807) is 17.3 Å². The number of para-hydroxylation sites is 2. The molecule has 118 valence electrons. The van der Waals surface area contributed by atoms with Gasteiger partial charge in [0.1, 0.15) is 11.8 Å². The third kappa shape index (κ3) is 2.52. The molecular weight excluding hydrogens is 300 g/mol. The maximum Gasteiger partial charge on any atom is 0.271 e. The van der Waals surface area contributed by atoms with Crippen molar-refractivity contribution in [1.82, 2.24) is 4.98 Å². The average molecular weight is 316 g/mol. The zero-order valence-electron chi connectivity index (χ0n) is 12.9. The first-order valence-electron chi connectivity index (χ1n) is 7.84. The van der Waals surface area contributed by atoms with E-state index in [0.29, 0.717) is 5.75 Å². The molecule has 1 aliphatic heterocycles. The van der Waals surface area contributed by atoms with Crippen LogP contribution in [0.15, 0.2) is 85.2 Å². The van der Waals surface area contributed by atoms with Gasteiger partial charge in [0.2, 0.25) is 6.10 Å². The zero-order valence-corrected chi connectivity index (χ0v) is 12.9. The van der Waals surface area contributed by atoms with E-state index in [-0.39, 0.29) is 11.9 Å². The molecule has 3 aromatic rings. The highest BCUT2D eigenvalue weighted by Gasteiger charge is 2.51. The van der Waals surface area contributed by atoms with Crippen molar-refractivity contribution in [2.24, 2.45) is 0 Å². The second-order valence-corrected chi connectivity index (χ2v) is 5.63. The van der Waals surface area contributed by atoms with Crippen LogP contribution in [-0.4, -0.2) is 17.0 Å². The van der Waals surface area contributed by atoms with Gasteiger partial charge in [0, 0.05) is 18.1 Å². The quantitative estimate of drug-likeness (QED) is 0.690. The van der Waals surface area contributed by atoms with Crippen molar-refractivity contribution in [3.63, 3.8) is 0 Å². The van der Waals surface area contributed by atoms with Gasteiger partial charge >= 0.3 is 0 Å². The molecule has 0 bridgehead atoms. The Hall–Kier alpha value is -3.14. The molecule has 4 rings (SSSR count). The van der Waals surface area contributed by atoms with Gasteiger partial charge in [0.25, 0.3) is 5.91 Å². The predicted molar refractivity (Wildman–Crippen MR) is 91.8 cm³/mol. The number of β-lactam (4-membered cyclic amide) rings is 1. The first kappa shape index (κ1) is 14.5. The molecule has 0 saturated carbocycles. The number of nitrogens with zero attached hydrogens (tertiary/aromatic N) is 2. The minimum atomic E-state index is -0.545. The largest absolute Gasteiger partial charge is 0.478 e. The molecule has 1 saturated heterocycles. The van der Waals surface area contributed by atoms with Gasteiger partial charge in [-0.1, -0.05) is 42.5 Å². The number of rotatable bonds is 4. The number of hydrogen-bond donors (Lipinski definition) is 0. The molecule has 0 spiro atoms. The third-order valence-corrected chi connectivity index (χ3v) is 4.11. The molecule has 1 aliphatic rings. The van der Waals surface area contributed by atoms with Crippen LogP contribution in [0.2, 0.25) is 0 Å². The van der Waals surface area contributed by atoms with E-state index in [2.05, 4.69) is 4.98 Å². The second kappa shape index (κ2) is 6.16. The summed E-state index contributed by atoms with van der Waals surface area (Å²) in [6.45, 7) is 0. The molecule has 4 nitrogen and oxygen atoms in total. The molecule has 0 radical (unpaired) electrons. The van der Waals surface area contributed by atoms with Crippen LogP contribution in [0.25, 0.3) is 0 Å². The van der Waals surface area contributed by atoms with E-state index in [1.807, 2.05) is 72.8 Å². The Morgan fingerprint density at radius 3 is 2.25 bits per heavy atom. The number of anilines is 1. The average Bonchev–Trinajstić information content (AvgIpc) is 2.66. The van der Waals surface area contributed by atoms with Crippen LogP contribution >= 0.6 is 0 Å². The number of ether oxygens (including phenoxy) is 1. The smallest absolute Gasteiger partial charge is 0.271 e. The maximum atomic E-state index is 12.7. The fourth-order valence-electron chi connectivity index (χ4n) is 2.97. The SMILES string of the molecule is O=C1[C@H](Oc2ccccc2)[C@@H](c2cccnc2)N1c1ccccc1. The monoisotopic (exact) mass is 316 g/mol. The van der Waals surface area contributed by atoms with E-state index in [4.69, 9.17) is 4.74 Å². The molecule has 1 amide bonds. The van der Waals surface area contributed by atoms with Crippen molar-refractivity contribution in [2.75, 3.05) is 4.90 Å². The van der Waals surface area contributed by atoms with Crippen molar-refractivity contribution in [3.8, 4) is 5.75 Å². The first-order chi connectivity index (χ1) is 11.8. The highest BCUT2D eigenvalue weighted by Crippen LogP contribution is 2.40. The van der Waals surface area contributed by atoms with Crippen molar-refractivity contribution in [3.05, 3.63) is 90.8 Å². The fraction of sp³-hybridized carbons (Fsp3) is 0.100. The topological polar surface area (TPSA) is 42.4 Å². The molecule has 2 heterocycles. The molecule has 2 atom stereocenters. The predicted octanol–water partition coefficient (Wildman–Crippen LogP) is 3.62. The van der Waals surface area contributed by atoms with Gasteiger partial charge in [-0.3, -0.25) is 14.7 Å². The van der Waals surface area contributed by atoms with Crippen LogP contribution < -0.4 is 9.64 Å². The molecule has 2 aromatic carbocycles. The lowest BCUT2D eigenvalue weighted by Gasteiger charge is -2.46. The summed E-state index contributed by atoms with van der Waals surface area (Å²) in [4.78, 5) is 18.7. The lowest BCUT2D eigenvalue weighted by Crippen LogP contribution is -2.61. The van der Waals surface area contributed by atoms with Crippen molar-refractivity contribution in [1.29, 1.82) is 0 Å². The normalized spacial score (nSPS) is 19.7. The first-order valence-corrected chi connectivity index (χ1v) is 7.84. The van der Waals surface area contributed by atoms with Crippen LogP contribution in [-0.2, 0) is 4.79 Å². The number of hydrogen-bond acceptors (Lipinski definition) is 3. The molecule has 24 heavy (non-hydrogen) atoms. The standard InChI is InChI=1S/C20H16N2O2/c23-20-19(24-17-11-5-2-6-12-17)18(15-8-7-13-21-14-15)22(20)16-9-3-1-4-10-16/h1-14,18-19H/t18-,19-/m1/s1. The summed E-state index contributed by atoms with van der Waals surface area (Å²) in [6, 6.07) is 22.7. The molecular formula is C20H16N2O2. The van der Waals surface area contributed by atoms with E-state index in [9.17, 15) is 4.79 Å². The Labute approximate surface area is 140 Å². The minimum Gasteiger partial charge on any atom is -0.478 e. The zero-order chi connectivity index (χ0) is 16.4. The van der Waals surface area contributed by atoms with Crippen molar-refractivity contribution in [2.45, 2.75) is 12.1 Å². The summed E-state index contributed by atoms with van der Waals surface area (Å²) in [5.41, 5.74) is 1.83. The number of benzene rings is 2. The molecule has 4 heteroatoms. The van der Waals surface area contributed by atoms with E-state index in [0.717, 1.165) is 11.3 Å². The molecule has 1 aromatic heterocycles. The van der Waals surface area contributed by atoms with Gasteiger partial charge in [-0.05, 0) is 35.9 Å². The lowest BCUT2D eigenvalue weighted by molar-refractivity contribution is -0.135. The summed E-state index contributed by atoms with van der Waals surface area (Å²) in [6.07, 6.45) is 2.97. The van der Waals surface area contributed by atoms with Crippen LogP contribution in [0.4, 0.5) is 5.69 Å². The lowest BCUT2D eigenvalue weighted by atomic mass is 9.90. The minimum absolute atomic E-state index is 0.0427. The fourth-order valence-corrected chi connectivity index (χ4v) is 2.97. The summed E-state index contributed by atoms with van der Waals surface area (Å²) < 4.78 is 5.96. The van der Waals surface area contributed by atoms with Crippen LogP contribution in [0.3, 0.4) is 0 Å². The Balaban J connectivity index is 1.68. The van der Waals surface area contributed by atoms with E-state index < -0.39 is 6.10 Å². The van der Waals surface area contributed by atoms with Gasteiger partial charge < -0.3 is 4.74 Å². The molecule has 0 N–H and O–H groups in total. The van der Waals surface area contributed by atoms with Gasteiger partial charge in [-0.25, -0.2) is 0 Å². The summed E-state index contributed by atoms with van der Waals surface area (Å²) >= 11 is 0.